The van der Waals surface area contributed by atoms with Crippen LogP contribution in [0.15, 0.2) is 0 Å². The van der Waals surface area contributed by atoms with Crippen LogP contribution in [0.3, 0.4) is 0 Å². The molecule has 15 heteroatoms. The lowest BCUT2D eigenvalue weighted by molar-refractivity contribution is -0.160. The largest absolute Gasteiger partial charge is 0.458 e. The molecule has 0 aliphatic carbocycles. The number of esters is 1. The molecule has 63 heavy (non-hydrogen) atoms. The van der Waals surface area contributed by atoms with Crippen molar-refractivity contribution in [3.05, 3.63) is 0 Å². The van der Waals surface area contributed by atoms with E-state index in [-0.39, 0.29) is 12.6 Å². The Morgan fingerprint density at radius 3 is 0.683 bits per heavy atom. The van der Waals surface area contributed by atoms with Gasteiger partial charge in [-0.3, -0.25) is 0 Å². The predicted octanol–water partition coefficient (Wildman–Crippen LogP) is 7.81. The van der Waals surface area contributed by atoms with Gasteiger partial charge in [0.25, 0.3) is 0 Å². The average molecular weight is 913 g/mol. The van der Waals surface area contributed by atoms with Crippen LogP contribution >= 0.6 is 0 Å². The number of hydrogen-bond acceptors (Lipinski definition) is 15. The molecular weight excluding hydrogens is 817 g/mol. The van der Waals surface area contributed by atoms with Crippen molar-refractivity contribution in [1.82, 2.24) is 0 Å². The summed E-state index contributed by atoms with van der Waals surface area (Å²) < 4.78 is 76.7. The zero-order valence-electron chi connectivity index (χ0n) is 40.8. The highest BCUT2D eigenvalue weighted by molar-refractivity contribution is 5.71. The van der Waals surface area contributed by atoms with Crippen LogP contribution in [-0.2, 0) is 71.1 Å². The van der Waals surface area contributed by atoms with Gasteiger partial charge in [-0.15, -0.1) is 0 Å². The Labute approximate surface area is 384 Å². The van der Waals surface area contributed by atoms with E-state index in [1.54, 1.807) is 0 Å². The highest BCUT2D eigenvalue weighted by Crippen LogP contribution is 2.14. The second-order valence-electron chi connectivity index (χ2n) is 16.3. The summed E-state index contributed by atoms with van der Waals surface area (Å²) in [5, 5.41) is 0. The quantitative estimate of drug-likeness (QED) is 0.0432. The third-order valence-electron chi connectivity index (χ3n) is 9.25. The van der Waals surface area contributed by atoms with Gasteiger partial charge in [0.1, 0.15) is 12.2 Å². The van der Waals surface area contributed by atoms with Crippen molar-refractivity contribution in [3.63, 3.8) is 0 Å². The summed E-state index contributed by atoms with van der Waals surface area (Å²) in [6.45, 7) is 20.5. The van der Waals surface area contributed by atoms with Gasteiger partial charge in [0.2, 0.25) is 0 Å². The number of hydrogen-bond donors (Lipinski definition) is 0. The molecule has 0 amide bonds. The Morgan fingerprint density at radius 1 is 0.270 bits per heavy atom. The molecule has 0 aromatic heterocycles. The number of carbonyl (C=O) groups is 1. The van der Waals surface area contributed by atoms with Crippen LogP contribution in [0.5, 0.6) is 0 Å². The molecule has 0 aromatic rings. The molecule has 0 radical (unpaired) electrons. The van der Waals surface area contributed by atoms with Gasteiger partial charge in [0, 0.05) is 6.61 Å². The molecule has 0 N–H and O–H groups in total. The minimum atomic E-state index is -0.513. The number of carbonyl (C=O) groups excluding carboxylic acids is 1. The van der Waals surface area contributed by atoms with Gasteiger partial charge in [-0.1, -0.05) is 103 Å². The second kappa shape index (κ2) is 53.6. The topological polar surface area (TPSA) is 146 Å². The number of ether oxygens (including phenoxy) is 14. The fourth-order valence-corrected chi connectivity index (χ4v) is 5.92. The molecule has 0 saturated heterocycles. The monoisotopic (exact) mass is 913 g/mol. The molecule has 0 atom stereocenters. The predicted molar refractivity (Wildman–Crippen MR) is 246 cm³/mol. The molecule has 0 aromatic carbocycles. The van der Waals surface area contributed by atoms with Crippen LogP contribution in [0, 0.1) is 0 Å². The second-order valence-corrected chi connectivity index (χ2v) is 16.3. The summed E-state index contributed by atoms with van der Waals surface area (Å²) in [5.41, 5.74) is -0.513. The summed E-state index contributed by atoms with van der Waals surface area (Å²) in [4.78, 5) is 11.5. The summed E-state index contributed by atoms with van der Waals surface area (Å²) in [6, 6.07) is 0. The lowest BCUT2D eigenvalue weighted by Crippen LogP contribution is -2.27. The lowest BCUT2D eigenvalue weighted by atomic mass is 10.0. The maximum absolute atomic E-state index is 11.5. The molecule has 0 unspecified atom stereocenters. The fraction of sp³-hybridized carbons (Fsp3) is 0.979. The molecule has 0 spiro atoms. The summed E-state index contributed by atoms with van der Waals surface area (Å²) >= 11 is 0. The van der Waals surface area contributed by atoms with Gasteiger partial charge in [0.05, 0.1) is 159 Å². The first kappa shape index (κ1) is 62.0. The van der Waals surface area contributed by atoms with Crippen LogP contribution in [0.2, 0.25) is 0 Å². The lowest BCUT2D eigenvalue weighted by Gasteiger charge is -2.19. The third-order valence-corrected chi connectivity index (χ3v) is 9.25. The zero-order valence-corrected chi connectivity index (χ0v) is 40.8. The van der Waals surface area contributed by atoms with Crippen molar-refractivity contribution in [2.45, 2.75) is 136 Å². The van der Waals surface area contributed by atoms with E-state index in [2.05, 4.69) is 6.92 Å². The van der Waals surface area contributed by atoms with E-state index in [1.165, 1.54) is 96.3 Å². The molecule has 0 aliphatic heterocycles. The maximum Gasteiger partial charge on any atom is 0.332 e. The molecule has 0 bridgehead atoms. The third kappa shape index (κ3) is 58.9. The van der Waals surface area contributed by atoms with Gasteiger partial charge in [-0.25, -0.2) is 4.79 Å². The molecule has 0 fully saturated rings. The minimum Gasteiger partial charge on any atom is -0.458 e. The Hall–Kier alpha value is -1.05. The van der Waals surface area contributed by atoms with Crippen LogP contribution < -0.4 is 0 Å². The van der Waals surface area contributed by atoms with Gasteiger partial charge >= 0.3 is 5.97 Å². The highest BCUT2D eigenvalue weighted by atomic mass is 16.6. The van der Waals surface area contributed by atoms with E-state index < -0.39 is 5.60 Å². The van der Waals surface area contributed by atoms with Crippen LogP contribution in [0.1, 0.15) is 130 Å². The van der Waals surface area contributed by atoms with E-state index in [0.717, 1.165) is 13.0 Å². The van der Waals surface area contributed by atoms with E-state index in [1.807, 2.05) is 20.8 Å². The van der Waals surface area contributed by atoms with Crippen LogP contribution in [-0.4, -0.2) is 183 Å². The fourth-order valence-electron chi connectivity index (χ4n) is 5.92. The van der Waals surface area contributed by atoms with Gasteiger partial charge in [-0.05, 0) is 27.2 Å². The van der Waals surface area contributed by atoms with Gasteiger partial charge in [0.15, 0.2) is 0 Å². The normalized spacial score (nSPS) is 11.9. The Bertz CT molecular complexity index is 864. The van der Waals surface area contributed by atoms with Crippen molar-refractivity contribution >= 4 is 5.97 Å². The standard InChI is InChI=1S/C48H96O15/c1-5-6-7-8-9-10-11-12-13-14-15-16-17-18-19-20-21-50-22-23-51-24-25-52-26-27-53-28-29-54-30-31-55-32-33-56-34-35-57-36-37-58-38-39-59-40-41-60-42-43-61-44-45-62-46-47(49)63-48(2,3)4/h5-46H2,1-4H3. The van der Waals surface area contributed by atoms with E-state index in [4.69, 9.17) is 66.3 Å². The molecule has 15 nitrogen and oxygen atoms in total. The first-order valence-corrected chi connectivity index (χ1v) is 24.7. The Kier molecular flexibility index (Phi) is 52.7. The number of unbranched alkanes of at least 4 members (excludes halogenated alkanes) is 15. The van der Waals surface area contributed by atoms with Crippen LogP contribution in [0.25, 0.3) is 0 Å². The Morgan fingerprint density at radius 2 is 0.460 bits per heavy atom. The molecule has 0 heterocycles. The van der Waals surface area contributed by atoms with Crippen LogP contribution in [0.4, 0.5) is 0 Å². The molecule has 0 aliphatic rings. The molecule has 0 rings (SSSR count). The van der Waals surface area contributed by atoms with E-state index >= 15 is 0 Å². The average Bonchev–Trinajstić information content (AvgIpc) is 3.26. The van der Waals surface area contributed by atoms with Crippen molar-refractivity contribution in [2.24, 2.45) is 0 Å². The smallest absolute Gasteiger partial charge is 0.332 e. The SMILES string of the molecule is CCCCCCCCCCCCCCCCCCOCCOCCOCCOCCOCCOCCOCCOCCOCCOCCOCCOCCOCC(=O)OC(C)(C)C. The molecule has 0 saturated carbocycles. The van der Waals surface area contributed by atoms with Crippen molar-refractivity contribution in [3.8, 4) is 0 Å². The van der Waals surface area contributed by atoms with Crippen molar-refractivity contribution < 1.29 is 71.1 Å². The maximum atomic E-state index is 11.5. The van der Waals surface area contributed by atoms with E-state index in [0.29, 0.717) is 159 Å². The summed E-state index contributed by atoms with van der Waals surface area (Å²) in [6.07, 6.45) is 22.1. The molecular formula is C48H96O15. The minimum absolute atomic E-state index is 0.0835. The Balaban J connectivity index is 3.09. The molecule has 378 valence electrons. The highest BCUT2D eigenvalue weighted by Gasteiger charge is 2.16. The van der Waals surface area contributed by atoms with Crippen molar-refractivity contribution in [1.29, 1.82) is 0 Å². The zero-order chi connectivity index (χ0) is 45.7. The van der Waals surface area contributed by atoms with E-state index in [9.17, 15) is 4.79 Å². The summed E-state index contributed by atoms with van der Waals surface area (Å²) in [7, 11) is 0. The first-order chi connectivity index (χ1) is 31.0. The van der Waals surface area contributed by atoms with Crippen molar-refractivity contribution in [2.75, 3.05) is 172 Å². The van der Waals surface area contributed by atoms with Gasteiger partial charge in [-0.2, -0.15) is 0 Å². The van der Waals surface area contributed by atoms with Gasteiger partial charge < -0.3 is 66.3 Å². The first-order valence-electron chi connectivity index (χ1n) is 24.7. The summed E-state index contributed by atoms with van der Waals surface area (Å²) in [5.74, 6) is -0.386. The number of rotatable bonds is 55.